The Labute approximate surface area is 74.3 Å². The molecular weight excluding hydrogens is 170 g/mol. The standard InChI is InChI=1S/C9H9NO3/c1-12-6-10-7-4-2-3-5-8(7)13-9(10)11/h2-5H,6H2,1H3. The van der Waals surface area contributed by atoms with Gasteiger partial charge in [0, 0.05) is 7.11 Å². The van der Waals surface area contributed by atoms with E-state index in [1.165, 1.54) is 11.7 Å². The van der Waals surface area contributed by atoms with Crippen molar-refractivity contribution in [2.75, 3.05) is 7.11 Å². The van der Waals surface area contributed by atoms with Crippen LogP contribution in [0.4, 0.5) is 0 Å². The largest absolute Gasteiger partial charge is 0.421 e. The highest BCUT2D eigenvalue weighted by atomic mass is 16.5. The van der Waals surface area contributed by atoms with Gasteiger partial charge in [0.15, 0.2) is 5.58 Å². The van der Waals surface area contributed by atoms with Crippen molar-refractivity contribution in [2.24, 2.45) is 0 Å². The second kappa shape index (κ2) is 3.06. The van der Waals surface area contributed by atoms with E-state index >= 15 is 0 Å². The van der Waals surface area contributed by atoms with Gasteiger partial charge in [-0.2, -0.15) is 0 Å². The lowest BCUT2D eigenvalue weighted by atomic mass is 10.3. The van der Waals surface area contributed by atoms with Gasteiger partial charge in [-0.3, -0.25) is 0 Å². The van der Waals surface area contributed by atoms with Crippen LogP contribution in [0.2, 0.25) is 0 Å². The van der Waals surface area contributed by atoms with Crippen molar-refractivity contribution in [3.8, 4) is 0 Å². The third kappa shape index (κ3) is 1.25. The smallest absolute Gasteiger partial charge is 0.408 e. The van der Waals surface area contributed by atoms with Gasteiger partial charge in [-0.15, -0.1) is 0 Å². The molecule has 1 aromatic heterocycles. The van der Waals surface area contributed by atoms with Gasteiger partial charge in [-0.25, -0.2) is 9.36 Å². The summed E-state index contributed by atoms with van der Waals surface area (Å²) in [5, 5.41) is 0. The molecule has 0 spiro atoms. The summed E-state index contributed by atoms with van der Waals surface area (Å²) in [5.74, 6) is -0.386. The summed E-state index contributed by atoms with van der Waals surface area (Å²) >= 11 is 0. The first-order valence-electron chi connectivity index (χ1n) is 3.90. The van der Waals surface area contributed by atoms with Gasteiger partial charge in [0.05, 0.1) is 5.52 Å². The van der Waals surface area contributed by atoms with E-state index in [0.717, 1.165) is 5.52 Å². The van der Waals surface area contributed by atoms with Gasteiger partial charge in [-0.1, -0.05) is 12.1 Å². The van der Waals surface area contributed by atoms with Crippen LogP contribution in [0.25, 0.3) is 11.1 Å². The third-order valence-electron chi connectivity index (χ3n) is 1.83. The predicted molar refractivity (Wildman–Crippen MR) is 47.5 cm³/mol. The Morgan fingerprint density at radius 3 is 3.00 bits per heavy atom. The summed E-state index contributed by atoms with van der Waals surface area (Å²) in [6.45, 7) is 0.218. The zero-order valence-corrected chi connectivity index (χ0v) is 7.19. The average Bonchev–Trinajstić information content (AvgIpc) is 2.44. The summed E-state index contributed by atoms with van der Waals surface area (Å²) in [5.41, 5.74) is 1.35. The number of ether oxygens (including phenoxy) is 1. The third-order valence-corrected chi connectivity index (χ3v) is 1.83. The minimum absolute atomic E-state index is 0.218. The molecule has 0 N–H and O–H groups in total. The van der Waals surface area contributed by atoms with Crippen LogP contribution in [-0.4, -0.2) is 11.7 Å². The molecule has 0 saturated heterocycles. The van der Waals surface area contributed by atoms with Gasteiger partial charge in [0.25, 0.3) is 0 Å². The fourth-order valence-corrected chi connectivity index (χ4v) is 1.27. The number of oxazole rings is 1. The fourth-order valence-electron chi connectivity index (χ4n) is 1.27. The molecule has 4 nitrogen and oxygen atoms in total. The molecule has 0 fully saturated rings. The van der Waals surface area contributed by atoms with Crippen LogP contribution in [-0.2, 0) is 11.5 Å². The van der Waals surface area contributed by atoms with E-state index in [2.05, 4.69) is 0 Å². The molecule has 68 valence electrons. The van der Waals surface area contributed by atoms with E-state index in [9.17, 15) is 4.79 Å². The minimum atomic E-state index is -0.386. The van der Waals surface area contributed by atoms with Gasteiger partial charge in [0.2, 0.25) is 0 Å². The van der Waals surface area contributed by atoms with Crippen molar-refractivity contribution < 1.29 is 9.15 Å². The Bertz CT molecular complexity index is 469. The topological polar surface area (TPSA) is 44.4 Å². The maximum atomic E-state index is 11.2. The number of para-hydroxylation sites is 2. The van der Waals surface area contributed by atoms with Gasteiger partial charge < -0.3 is 9.15 Å². The number of benzene rings is 1. The van der Waals surface area contributed by atoms with Crippen molar-refractivity contribution in [2.45, 2.75) is 6.73 Å². The number of rotatable bonds is 2. The molecule has 2 aromatic rings. The van der Waals surface area contributed by atoms with E-state index in [0.29, 0.717) is 5.58 Å². The number of aromatic nitrogens is 1. The summed E-state index contributed by atoms with van der Waals surface area (Å²) in [6, 6.07) is 7.24. The minimum Gasteiger partial charge on any atom is -0.408 e. The van der Waals surface area contributed by atoms with Crippen molar-refractivity contribution >= 4 is 11.1 Å². The molecule has 0 unspecified atom stereocenters. The molecule has 0 bridgehead atoms. The molecule has 2 rings (SSSR count). The molecule has 1 heterocycles. The molecule has 0 aliphatic rings. The molecule has 0 radical (unpaired) electrons. The zero-order chi connectivity index (χ0) is 9.26. The summed E-state index contributed by atoms with van der Waals surface area (Å²) < 4.78 is 11.3. The van der Waals surface area contributed by atoms with E-state index < -0.39 is 0 Å². The SMILES string of the molecule is COCn1c(=O)oc2ccccc21. The molecule has 0 aliphatic carbocycles. The van der Waals surface area contributed by atoms with Crippen LogP contribution in [0.15, 0.2) is 33.5 Å². The molecule has 0 aliphatic heterocycles. The molecule has 4 heteroatoms. The monoisotopic (exact) mass is 179 g/mol. The van der Waals surface area contributed by atoms with Crippen molar-refractivity contribution in [1.82, 2.24) is 4.57 Å². The molecular formula is C9H9NO3. The Kier molecular flexibility index (Phi) is 1.90. The Morgan fingerprint density at radius 2 is 2.23 bits per heavy atom. The second-order valence-electron chi connectivity index (χ2n) is 2.68. The highest BCUT2D eigenvalue weighted by Crippen LogP contribution is 2.10. The van der Waals surface area contributed by atoms with E-state index in [-0.39, 0.29) is 12.5 Å². The first-order chi connectivity index (χ1) is 6.33. The van der Waals surface area contributed by atoms with Crippen LogP contribution in [0, 0.1) is 0 Å². The average molecular weight is 179 g/mol. The lowest BCUT2D eigenvalue weighted by molar-refractivity contribution is 0.128. The van der Waals surface area contributed by atoms with Gasteiger partial charge >= 0.3 is 5.76 Å². The van der Waals surface area contributed by atoms with Crippen LogP contribution >= 0.6 is 0 Å². The summed E-state index contributed by atoms with van der Waals surface area (Å²) in [4.78, 5) is 11.2. The number of hydrogen-bond acceptors (Lipinski definition) is 3. The lowest BCUT2D eigenvalue weighted by Gasteiger charge is -1.97. The van der Waals surface area contributed by atoms with Gasteiger partial charge in [-0.05, 0) is 12.1 Å². The van der Waals surface area contributed by atoms with Crippen molar-refractivity contribution in [1.29, 1.82) is 0 Å². The Balaban J connectivity index is 2.71. The summed E-state index contributed by atoms with van der Waals surface area (Å²) in [7, 11) is 1.54. The van der Waals surface area contributed by atoms with Crippen molar-refractivity contribution in [3.63, 3.8) is 0 Å². The maximum Gasteiger partial charge on any atom is 0.421 e. The summed E-state index contributed by atoms with van der Waals surface area (Å²) in [6.07, 6.45) is 0. The lowest BCUT2D eigenvalue weighted by Crippen LogP contribution is -2.14. The zero-order valence-electron chi connectivity index (χ0n) is 7.19. The maximum absolute atomic E-state index is 11.2. The number of hydrogen-bond donors (Lipinski definition) is 0. The number of nitrogens with zero attached hydrogens (tertiary/aromatic N) is 1. The number of fused-ring (bicyclic) bond motifs is 1. The molecule has 0 atom stereocenters. The first-order valence-corrected chi connectivity index (χ1v) is 3.90. The quantitative estimate of drug-likeness (QED) is 0.695. The number of methoxy groups -OCH3 is 1. The second-order valence-corrected chi connectivity index (χ2v) is 2.68. The highest BCUT2D eigenvalue weighted by molar-refractivity contribution is 5.72. The first kappa shape index (κ1) is 8.07. The molecule has 1 aromatic carbocycles. The Morgan fingerprint density at radius 1 is 1.46 bits per heavy atom. The fraction of sp³-hybridized carbons (Fsp3) is 0.222. The van der Waals surface area contributed by atoms with Crippen LogP contribution < -0.4 is 5.76 Å². The van der Waals surface area contributed by atoms with Crippen molar-refractivity contribution in [3.05, 3.63) is 34.8 Å². The Hall–Kier alpha value is -1.55. The normalized spacial score (nSPS) is 10.8. The van der Waals surface area contributed by atoms with Crippen LogP contribution in [0.3, 0.4) is 0 Å². The van der Waals surface area contributed by atoms with E-state index in [1.54, 1.807) is 6.07 Å². The highest BCUT2D eigenvalue weighted by Gasteiger charge is 2.06. The van der Waals surface area contributed by atoms with E-state index in [4.69, 9.17) is 9.15 Å². The van der Waals surface area contributed by atoms with Crippen LogP contribution in [0.1, 0.15) is 0 Å². The van der Waals surface area contributed by atoms with E-state index in [1.807, 2.05) is 18.2 Å². The van der Waals surface area contributed by atoms with Gasteiger partial charge in [0.1, 0.15) is 6.73 Å². The molecule has 0 saturated carbocycles. The predicted octanol–water partition coefficient (Wildman–Crippen LogP) is 1.20. The molecule has 0 amide bonds. The van der Waals surface area contributed by atoms with Crippen LogP contribution in [0.5, 0.6) is 0 Å². The molecule has 13 heavy (non-hydrogen) atoms.